The number of hydrogen-bond acceptors (Lipinski definition) is 7. The molecule has 0 spiro atoms. The molecule has 2 aromatic carbocycles. The molecule has 1 amide bonds. The van der Waals surface area contributed by atoms with Crippen LogP contribution in [0.2, 0.25) is 0 Å². The molecule has 0 bridgehead atoms. The molecule has 2 heterocycles. The van der Waals surface area contributed by atoms with Crippen molar-refractivity contribution in [3.8, 4) is 0 Å². The number of rotatable bonds is 6. The minimum absolute atomic E-state index is 0.119. The van der Waals surface area contributed by atoms with Gasteiger partial charge in [0.1, 0.15) is 0 Å². The number of thiazole rings is 1. The summed E-state index contributed by atoms with van der Waals surface area (Å²) in [4.78, 5) is 13.6. The number of hydrogen-bond donors (Lipinski definition) is 1. The van der Waals surface area contributed by atoms with Crippen molar-refractivity contribution in [2.75, 3.05) is 25.2 Å². The molecule has 0 fully saturated rings. The van der Waals surface area contributed by atoms with Crippen LogP contribution in [0.5, 0.6) is 0 Å². The van der Waals surface area contributed by atoms with Crippen molar-refractivity contribution in [1.82, 2.24) is 18.9 Å². The van der Waals surface area contributed by atoms with Gasteiger partial charge in [-0.25, -0.2) is 12.7 Å². The Morgan fingerprint density at radius 3 is 2.68 bits per heavy atom. The van der Waals surface area contributed by atoms with Crippen LogP contribution in [0.25, 0.3) is 15.2 Å². The molecule has 0 saturated carbocycles. The molecule has 8 nitrogen and oxygen atoms in total. The zero-order chi connectivity index (χ0) is 22.3. The lowest BCUT2D eigenvalue weighted by Crippen LogP contribution is -2.23. The fourth-order valence-electron chi connectivity index (χ4n) is 3.08. The number of carbonyl (C=O) groups is 1. The summed E-state index contributed by atoms with van der Waals surface area (Å²) in [5.74, 6) is -0.128. The highest BCUT2D eigenvalue weighted by molar-refractivity contribution is 7.99. The molecule has 162 valence electrons. The molecule has 0 radical (unpaired) electrons. The summed E-state index contributed by atoms with van der Waals surface area (Å²) >= 11 is 2.83. The minimum Gasteiger partial charge on any atom is -0.325 e. The van der Waals surface area contributed by atoms with Crippen LogP contribution in [0.15, 0.2) is 46.5 Å². The van der Waals surface area contributed by atoms with Crippen LogP contribution in [0.1, 0.15) is 11.1 Å². The molecule has 2 aromatic heterocycles. The van der Waals surface area contributed by atoms with E-state index >= 15 is 0 Å². The van der Waals surface area contributed by atoms with Gasteiger partial charge in [-0.15, -0.1) is 10.2 Å². The predicted molar refractivity (Wildman–Crippen MR) is 125 cm³/mol. The van der Waals surface area contributed by atoms with E-state index in [0.717, 1.165) is 30.6 Å². The molecule has 11 heteroatoms. The van der Waals surface area contributed by atoms with Gasteiger partial charge in [0, 0.05) is 19.8 Å². The van der Waals surface area contributed by atoms with Crippen molar-refractivity contribution < 1.29 is 13.2 Å². The van der Waals surface area contributed by atoms with Gasteiger partial charge in [-0.05, 0) is 49.2 Å². The van der Waals surface area contributed by atoms with Crippen LogP contribution in [0.4, 0.5) is 5.69 Å². The van der Waals surface area contributed by atoms with Crippen LogP contribution in [-0.4, -0.2) is 53.1 Å². The molecule has 31 heavy (non-hydrogen) atoms. The second-order valence-electron chi connectivity index (χ2n) is 7.21. The maximum atomic E-state index is 12.7. The van der Waals surface area contributed by atoms with Gasteiger partial charge < -0.3 is 5.32 Å². The summed E-state index contributed by atoms with van der Waals surface area (Å²) in [7, 11) is -0.646. The molecule has 1 N–H and O–H groups in total. The first-order chi connectivity index (χ1) is 14.7. The number of thioether (sulfide) groups is 1. The Labute approximate surface area is 188 Å². The molecule has 0 aliphatic carbocycles. The fraction of sp³-hybridized carbons (Fsp3) is 0.250. The monoisotopic (exact) mass is 475 g/mol. The van der Waals surface area contributed by atoms with Crippen molar-refractivity contribution in [2.45, 2.75) is 23.9 Å². The second kappa shape index (κ2) is 8.23. The van der Waals surface area contributed by atoms with E-state index in [9.17, 15) is 13.2 Å². The smallest absolute Gasteiger partial charge is 0.242 e. The van der Waals surface area contributed by atoms with Crippen LogP contribution in [-0.2, 0) is 14.8 Å². The van der Waals surface area contributed by atoms with Gasteiger partial charge in [0.15, 0.2) is 5.16 Å². The maximum Gasteiger partial charge on any atom is 0.242 e. The number of fused-ring (bicyclic) bond motifs is 3. The van der Waals surface area contributed by atoms with Crippen molar-refractivity contribution in [2.24, 2.45) is 0 Å². The summed E-state index contributed by atoms with van der Waals surface area (Å²) in [6, 6.07) is 11.1. The van der Waals surface area contributed by atoms with Gasteiger partial charge in [0.2, 0.25) is 20.9 Å². The molecule has 4 rings (SSSR count). The average molecular weight is 476 g/mol. The van der Waals surface area contributed by atoms with Gasteiger partial charge in [0.05, 0.1) is 20.9 Å². The Hall–Kier alpha value is -2.47. The van der Waals surface area contributed by atoms with Crippen LogP contribution < -0.4 is 5.32 Å². The Morgan fingerprint density at radius 1 is 1.19 bits per heavy atom. The Kier molecular flexibility index (Phi) is 5.77. The lowest BCUT2D eigenvalue weighted by atomic mass is 10.1. The van der Waals surface area contributed by atoms with E-state index < -0.39 is 10.0 Å². The van der Waals surface area contributed by atoms with Crippen molar-refractivity contribution in [3.05, 3.63) is 47.5 Å². The first-order valence-corrected chi connectivity index (χ1v) is 12.6. The topological polar surface area (TPSA) is 96.7 Å². The number of nitrogens with one attached hydrogen (secondary N) is 1. The van der Waals surface area contributed by atoms with Gasteiger partial charge in [0.25, 0.3) is 0 Å². The van der Waals surface area contributed by atoms with Crippen molar-refractivity contribution >= 4 is 59.9 Å². The largest absolute Gasteiger partial charge is 0.325 e. The highest BCUT2D eigenvalue weighted by Crippen LogP contribution is 2.30. The number of anilines is 1. The molecule has 0 aliphatic rings. The summed E-state index contributed by atoms with van der Waals surface area (Å²) in [5, 5.41) is 11.9. The van der Waals surface area contributed by atoms with Gasteiger partial charge in [-0.3, -0.25) is 9.20 Å². The zero-order valence-corrected chi connectivity index (χ0v) is 19.9. The number of amides is 1. The first-order valence-electron chi connectivity index (χ1n) is 9.37. The summed E-state index contributed by atoms with van der Waals surface area (Å²) < 4.78 is 29.2. The van der Waals surface area contributed by atoms with Gasteiger partial charge >= 0.3 is 0 Å². The number of carbonyl (C=O) groups excluding carboxylic acids is 1. The van der Waals surface area contributed by atoms with E-state index in [4.69, 9.17) is 0 Å². The van der Waals surface area contributed by atoms with Gasteiger partial charge in [-0.1, -0.05) is 35.2 Å². The van der Waals surface area contributed by atoms with Crippen LogP contribution in [0, 0.1) is 13.8 Å². The number of aromatic nitrogens is 3. The SMILES string of the molecule is Cc1cc(S(=O)(=O)N(C)C)cc(NC(=O)CSc2nnc3sc4ccccc4n23)c1C. The molecule has 0 unspecified atom stereocenters. The quantitative estimate of drug-likeness (QED) is 0.429. The minimum atomic E-state index is -3.60. The van der Waals surface area contributed by atoms with E-state index in [1.165, 1.54) is 31.9 Å². The highest BCUT2D eigenvalue weighted by Gasteiger charge is 2.20. The summed E-state index contributed by atoms with van der Waals surface area (Å²) in [6.07, 6.45) is 0. The Bertz CT molecular complexity index is 1410. The number of nitrogens with zero attached hydrogens (tertiary/aromatic N) is 4. The number of benzene rings is 2. The standard InChI is InChI=1S/C20H21N5O3S3/c1-12-9-14(31(27,28)24(3)4)10-15(13(12)2)21-18(26)11-29-19-22-23-20-25(19)16-7-5-6-8-17(16)30-20/h5-10H,11H2,1-4H3,(H,21,26). The third-order valence-electron chi connectivity index (χ3n) is 4.94. The third-order valence-corrected chi connectivity index (χ3v) is 8.67. The highest BCUT2D eigenvalue weighted by atomic mass is 32.2. The fourth-order valence-corrected chi connectivity index (χ4v) is 5.86. The van der Waals surface area contributed by atoms with Crippen molar-refractivity contribution in [1.29, 1.82) is 0 Å². The Morgan fingerprint density at radius 2 is 1.94 bits per heavy atom. The lowest BCUT2D eigenvalue weighted by Gasteiger charge is -2.16. The predicted octanol–water partition coefficient (Wildman–Crippen LogP) is 3.54. The lowest BCUT2D eigenvalue weighted by molar-refractivity contribution is -0.113. The average Bonchev–Trinajstić information content (AvgIpc) is 3.28. The molecular weight excluding hydrogens is 454 g/mol. The Balaban J connectivity index is 1.55. The number of sulfonamides is 1. The molecule has 0 atom stereocenters. The molecule has 4 aromatic rings. The van der Waals surface area contributed by atoms with Crippen LogP contribution >= 0.6 is 23.1 Å². The maximum absolute atomic E-state index is 12.7. The van der Waals surface area contributed by atoms with E-state index in [2.05, 4.69) is 15.5 Å². The zero-order valence-electron chi connectivity index (χ0n) is 17.4. The molecular formula is C20H21N5O3S3. The van der Waals surface area contributed by atoms with E-state index in [-0.39, 0.29) is 16.6 Å². The van der Waals surface area contributed by atoms with E-state index in [1.54, 1.807) is 17.4 Å². The second-order valence-corrected chi connectivity index (χ2v) is 11.3. The number of aryl methyl sites for hydroxylation is 1. The van der Waals surface area contributed by atoms with E-state index in [1.807, 2.05) is 42.5 Å². The first kappa shape index (κ1) is 21.8. The number of para-hydroxylation sites is 1. The van der Waals surface area contributed by atoms with Gasteiger partial charge in [-0.2, -0.15) is 0 Å². The summed E-state index contributed by atoms with van der Waals surface area (Å²) in [6.45, 7) is 3.67. The third kappa shape index (κ3) is 4.05. The summed E-state index contributed by atoms with van der Waals surface area (Å²) in [5.41, 5.74) is 3.10. The molecule has 0 aliphatic heterocycles. The molecule has 0 saturated heterocycles. The normalized spacial score (nSPS) is 12.2. The van der Waals surface area contributed by atoms with Crippen LogP contribution in [0.3, 0.4) is 0 Å². The van der Waals surface area contributed by atoms with Crippen molar-refractivity contribution in [3.63, 3.8) is 0 Å². The van der Waals surface area contributed by atoms with E-state index in [0.29, 0.717) is 10.8 Å².